The number of hydrogen-bond acceptors (Lipinski definition) is 4. The van der Waals surface area contributed by atoms with Crippen LogP contribution < -0.4 is 9.88 Å². The molecule has 3 rings (SSSR count). The first-order chi connectivity index (χ1) is 8.74. The number of nitrogens with one attached hydrogen (secondary N) is 1. The van der Waals surface area contributed by atoms with Crippen molar-refractivity contribution in [2.45, 2.75) is 13.1 Å². The summed E-state index contributed by atoms with van der Waals surface area (Å²) in [7, 11) is 2.08. The van der Waals surface area contributed by atoms with Crippen LogP contribution in [0, 0.1) is 0 Å². The molecule has 18 heavy (non-hydrogen) atoms. The van der Waals surface area contributed by atoms with Gasteiger partial charge in [0.25, 0.3) is 5.82 Å². The second-order valence-electron chi connectivity index (χ2n) is 4.92. The molecule has 1 amide bonds. The minimum atomic E-state index is -0.00926. The lowest BCUT2D eigenvalue weighted by Crippen LogP contribution is -2.49. The Morgan fingerprint density at radius 1 is 1.39 bits per heavy atom. The molecule has 7 heteroatoms. The lowest BCUT2D eigenvalue weighted by atomic mass is 10.3. The second-order valence-corrected chi connectivity index (χ2v) is 4.92. The number of nitrogens with zero attached hydrogens (tertiary/aromatic N) is 5. The third-order valence-corrected chi connectivity index (χ3v) is 3.59. The van der Waals surface area contributed by atoms with Crippen LogP contribution >= 0.6 is 0 Å². The van der Waals surface area contributed by atoms with E-state index in [4.69, 9.17) is 0 Å². The minimum Gasteiger partial charge on any atom is -0.306 e. The average molecular weight is 251 g/mol. The van der Waals surface area contributed by atoms with E-state index in [-0.39, 0.29) is 6.03 Å². The van der Waals surface area contributed by atoms with E-state index < -0.39 is 0 Å². The average Bonchev–Trinajstić information content (AvgIpc) is 2.82. The van der Waals surface area contributed by atoms with Gasteiger partial charge >= 0.3 is 6.03 Å². The fraction of sp³-hybridized carbons (Fsp3) is 0.727. The number of rotatable bonds is 0. The summed E-state index contributed by atoms with van der Waals surface area (Å²) in [6.07, 6.45) is 1.82. The molecule has 1 aromatic heterocycles. The van der Waals surface area contributed by atoms with Crippen molar-refractivity contribution < 1.29 is 9.36 Å². The molecule has 0 aromatic carbocycles. The topological polar surface area (TPSA) is 57.3 Å². The van der Waals surface area contributed by atoms with Crippen LogP contribution in [0.2, 0.25) is 0 Å². The number of hydrogen-bond donors (Lipinski definition) is 1. The summed E-state index contributed by atoms with van der Waals surface area (Å²) in [5.41, 5.74) is 0. The van der Waals surface area contributed by atoms with E-state index in [1.54, 1.807) is 0 Å². The fourth-order valence-corrected chi connectivity index (χ4v) is 2.36. The molecule has 7 nitrogen and oxygen atoms in total. The maximum Gasteiger partial charge on any atom is 0.418 e. The number of aromatic nitrogens is 3. The molecule has 1 aromatic rings. The first-order valence-corrected chi connectivity index (χ1v) is 6.40. The van der Waals surface area contributed by atoms with Gasteiger partial charge in [-0.2, -0.15) is 0 Å². The highest BCUT2D eigenvalue weighted by atomic mass is 16.2. The number of piperazine rings is 1. The molecule has 98 valence electrons. The van der Waals surface area contributed by atoms with Crippen LogP contribution in [-0.4, -0.2) is 65.4 Å². The van der Waals surface area contributed by atoms with Gasteiger partial charge in [-0.15, -0.1) is 0 Å². The van der Waals surface area contributed by atoms with E-state index in [0.717, 1.165) is 51.6 Å². The Balaban J connectivity index is 1.74. The molecule has 0 atom stereocenters. The Hall–Kier alpha value is -1.47. The number of carbonyl (C=O) groups excluding carboxylic acids is 1. The van der Waals surface area contributed by atoms with Crippen LogP contribution in [0.25, 0.3) is 0 Å². The van der Waals surface area contributed by atoms with E-state index in [1.165, 1.54) is 4.68 Å². The van der Waals surface area contributed by atoms with E-state index in [0.29, 0.717) is 0 Å². The number of likely N-dealkylation sites (N-methyl/N-ethyl adjacent to an activating group) is 1. The fourth-order valence-electron chi connectivity index (χ4n) is 2.36. The first-order valence-electron chi connectivity index (χ1n) is 6.40. The molecule has 0 unspecified atom stereocenters. The highest BCUT2D eigenvalue weighted by Gasteiger charge is 2.28. The number of amides is 1. The Labute approximate surface area is 106 Å². The molecule has 2 aliphatic rings. The van der Waals surface area contributed by atoms with Crippen molar-refractivity contribution >= 4 is 6.03 Å². The van der Waals surface area contributed by atoms with E-state index in [9.17, 15) is 4.79 Å². The van der Waals surface area contributed by atoms with Crippen LogP contribution in [0.3, 0.4) is 0 Å². The minimum absolute atomic E-state index is 0.00926. The molecule has 0 radical (unpaired) electrons. The zero-order chi connectivity index (χ0) is 12.5. The molecule has 2 aliphatic heterocycles. The largest absolute Gasteiger partial charge is 0.418 e. The smallest absolute Gasteiger partial charge is 0.306 e. The lowest BCUT2D eigenvalue weighted by molar-refractivity contribution is -0.707. The van der Waals surface area contributed by atoms with Crippen molar-refractivity contribution in [3.8, 4) is 0 Å². The van der Waals surface area contributed by atoms with E-state index >= 15 is 0 Å². The van der Waals surface area contributed by atoms with Gasteiger partial charge in [0, 0.05) is 32.7 Å². The molecule has 0 spiro atoms. The summed E-state index contributed by atoms with van der Waals surface area (Å²) >= 11 is 0. The van der Waals surface area contributed by atoms with Crippen molar-refractivity contribution in [2.24, 2.45) is 0 Å². The quantitative estimate of drug-likeness (QED) is 0.570. The molecule has 1 saturated heterocycles. The Bertz CT molecular complexity index is 425. The SMILES string of the molecule is CN1CCN(C(=O)n2c[n+]3c(n2)CNCC3)CC1. The van der Waals surface area contributed by atoms with Gasteiger partial charge in [-0.05, 0) is 11.7 Å². The van der Waals surface area contributed by atoms with Crippen molar-refractivity contribution in [3.63, 3.8) is 0 Å². The third kappa shape index (κ3) is 2.11. The molecular formula is C11H19N6O+. The van der Waals surface area contributed by atoms with Gasteiger partial charge in [-0.1, -0.05) is 0 Å². The predicted molar refractivity (Wildman–Crippen MR) is 64.0 cm³/mol. The van der Waals surface area contributed by atoms with Gasteiger partial charge in [-0.25, -0.2) is 9.36 Å². The van der Waals surface area contributed by atoms with Gasteiger partial charge in [0.2, 0.25) is 6.33 Å². The Morgan fingerprint density at radius 3 is 2.89 bits per heavy atom. The summed E-state index contributed by atoms with van der Waals surface area (Å²) in [4.78, 5) is 16.4. The zero-order valence-corrected chi connectivity index (χ0v) is 10.7. The summed E-state index contributed by atoms with van der Waals surface area (Å²) in [6.45, 7) is 5.98. The molecule has 0 bridgehead atoms. The van der Waals surface area contributed by atoms with Gasteiger partial charge < -0.3 is 15.1 Å². The third-order valence-electron chi connectivity index (χ3n) is 3.59. The molecule has 1 fully saturated rings. The van der Waals surface area contributed by atoms with E-state index in [2.05, 4.69) is 22.4 Å². The van der Waals surface area contributed by atoms with Crippen LogP contribution in [0.1, 0.15) is 5.82 Å². The summed E-state index contributed by atoms with van der Waals surface area (Å²) < 4.78 is 3.53. The maximum absolute atomic E-state index is 12.3. The van der Waals surface area contributed by atoms with Crippen LogP contribution in [0.5, 0.6) is 0 Å². The van der Waals surface area contributed by atoms with Gasteiger partial charge in [0.05, 0.1) is 18.2 Å². The van der Waals surface area contributed by atoms with Gasteiger partial charge in [-0.3, -0.25) is 0 Å². The second kappa shape index (κ2) is 4.66. The van der Waals surface area contributed by atoms with Crippen molar-refractivity contribution in [1.29, 1.82) is 0 Å². The normalized spacial score (nSPS) is 20.8. The highest BCUT2D eigenvalue weighted by Crippen LogP contribution is 2.02. The Kier molecular flexibility index (Phi) is 3.00. The predicted octanol–water partition coefficient (Wildman–Crippen LogP) is -1.51. The molecule has 0 saturated carbocycles. The Morgan fingerprint density at radius 2 is 2.17 bits per heavy atom. The van der Waals surface area contributed by atoms with Crippen LogP contribution in [-0.2, 0) is 13.1 Å². The monoisotopic (exact) mass is 251 g/mol. The lowest BCUT2D eigenvalue weighted by Gasteiger charge is -2.30. The maximum atomic E-state index is 12.3. The first kappa shape index (κ1) is 11.6. The van der Waals surface area contributed by atoms with Crippen molar-refractivity contribution in [2.75, 3.05) is 39.8 Å². The molecule has 1 N–H and O–H groups in total. The summed E-state index contributed by atoms with van der Waals surface area (Å²) in [5, 5.41) is 7.61. The van der Waals surface area contributed by atoms with E-state index in [1.807, 2.05) is 15.8 Å². The van der Waals surface area contributed by atoms with Gasteiger partial charge in [0.1, 0.15) is 0 Å². The van der Waals surface area contributed by atoms with Crippen molar-refractivity contribution in [1.82, 2.24) is 24.9 Å². The number of carbonyl (C=O) groups is 1. The molecule has 0 aliphatic carbocycles. The van der Waals surface area contributed by atoms with Crippen LogP contribution in [0.15, 0.2) is 6.33 Å². The van der Waals surface area contributed by atoms with Gasteiger partial charge in [0.15, 0.2) is 0 Å². The summed E-state index contributed by atoms with van der Waals surface area (Å²) in [5.74, 6) is 0.934. The van der Waals surface area contributed by atoms with Crippen LogP contribution in [0.4, 0.5) is 4.79 Å². The highest BCUT2D eigenvalue weighted by molar-refractivity contribution is 5.75. The number of fused-ring (bicyclic) bond motifs is 1. The van der Waals surface area contributed by atoms with Crippen molar-refractivity contribution in [3.05, 3.63) is 12.2 Å². The molecule has 3 heterocycles. The summed E-state index contributed by atoms with van der Waals surface area (Å²) in [6, 6.07) is -0.00926. The molecular weight excluding hydrogens is 232 g/mol. The zero-order valence-electron chi connectivity index (χ0n) is 10.7. The standard InChI is InChI=1S/C11H19N6O/c1-14-4-6-15(7-5-14)11(18)17-9-16-3-2-12-8-10(16)13-17/h9,12H,2-8H2,1H3/q+1.